The highest BCUT2D eigenvalue weighted by Gasteiger charge is 2.30. The molecule has 0 aliphatic heterocycles. The lowest BCUT2D eigenvalue weighted by molar-refractivity contribution is 0.0448. The first-order valence-corrected chi connectivity index (χ1v) is 9.86. The van der Waals surface area contributed by atoms with Gasteiger partial charge in [0.05, 0.1) is 24.3 Å². The van der Waals surface area contributed by atoms with E-state index in [1.54, 1.807) is 19.1 Å². The van der Waals surface area contributed by atoms with Crippen molar-refractivity contribution in [3.63, 3.8) is 0 Å². The molecule has 0 aromatic heterocycles. The van der Waals surface area contributed by atoms with Crippen molar-refractivity contribution in [1.29, 1.82) is 0 Å². The largest absolute Gasteiger partial charge is 0.462 e. The lowest BCUT2D eigenvalue weighted by Crippen LogP contribution is -2.50. The van der Waals surface area contributed by atoms with Gasteiger partial charge in [-0.05, 0) is 59.9 Å². The summed E-state index contributed by atoms with van der Waals surface area (Å²) >= 11 is 0. The Bertz CT molecular complexity index is 1080. The summed E-state index contributed by atoms with van der Waals surface area (Å²) in [4.78, 5) is 24.9. The second kappa shape index (κ2) is 8.05. The Kier molecular flexibility index (Phi) is 5.32. The number of fused-ring (bicyclic) bond motifs is 1. The topological polar surface area (TPSA) is 75.6 Å². The van der Waals surface area contributed by atoms with Crippen molar-refractivity contribution in [3.8, 4) is 11.1 Å². The molecular weight excluding hydrogens is 366 g/mol. The van der Waals surface area contributed by atoms with E-state index in [0.29, 0.717) is 17.7 Å². The molecule has 1 amide bonds. The van der Waals surface area contributed by atoms with Gasteiger partial charge in [-0.1, -0.05) is 42.5 Å². The number of carbonyl (C=O) groups is 2. The molecule has 0 saturated heterocycles. The fourth-order valence-corrected chi connectivity index (χ4v) is 3.67. The van der Waals surface area contributed by atoms with Gasteiger partial charge < -0.3 is 15.2 Å². The van der Waals surface area contributed by atoms with Gasteiger partial charge in [-0.3, -0.25) is 4.79 Å². The predicted octanol–water partition coefficient (Wildman–Crippen LogP) is 3.94. The Balaban J connectivity index is 1.73. The van der Waals surface area contributed by atoms with Crippen molar-refractivity contribution in [2.24, 2.45) is 0 Å². The van der Waals surface area contributed by atoms with Crippen molar-refractivity contribution >= 4 is 22.6 Å². The van der Waals surface area contributed by atoms with Crippen LogP contribution in [0.3, 0.4) is 0 Å². The molecule has 1 saturated carbocycles. The zero-order valence-corrected chi connectivity index (χ0v) is 16.2. The third-order valence-electron chi connectivity index (χ3n) is 5.41. The van der Waals surface area contributed by atoms with Gasteiger partial charge in [0.25, 0.3) is 5.91 Å². The van der Waals surface area contributed by atoms with Gasteiger partial charge in [-0.15, -0.1) is 0 Å². The van der Waals surface area contributed by atoms with Crippen LogP contribution in [-0.2, 0) is 4.74 Å². The molecule has 5 nitrogen and oxygen atoms in total. The second-order valence-electron chi connectivity index (χ2n) is 7.23. The molecule has 2 N–H and O–H groups in total. The maximum absolute atomic E-state index is 12.8. The third kappa shape index (κ3) is 3.74. The summed E-state index contributed by atoms with van der Waals surface area (Å²) in [6.07, 6.45) is 1.06. The highest BCUT2D eigenvalue weighted by Crippen LogP contribution is 2.32. The van der Waals surface area contributed by atoms with Crippen molar-refractivity contribution < 1.29 is 19.4 Å². The Morgan fingerprint density at radius 3 is 2.52 bits per heavy atom. The Morgan fingerprint density at radius 2 is 1.83 bits per heavy atom. The molecule has 3 aromatic rings. The molecule has 0 unspecified atom stereocenters. The molecule has 0 radical (unpaired) electrons. The van der Waals surface area contributed by atoms with Gasteiger partial charge in [0.1, 0.15) is 0 Å². The van der Waals surface area contributed by atoms with Crippen molar-refractivity contribution in [3.05, 3.63) is 71.8 Å². The summed E-state index contributed by atoms with van der Waals surface area (Å²) in [5.41, 5.74) is 2.89. The number of amides is 1. The molecule has 1 fully saturated rings. The van der Waals surface area contributed by atoms with Crippen LogP contribution in [0.15, 0.2) is 60.7 Å². The average molecular weight is 389 g/mol. The minimum Gasteiger partial charge on any atom is -0.462 e. The molecule has 148 valence electrons. The standard InChI is InChI=1S/C24H23NO4/c1-2-29-24(28)16-7-5-6-15(14-16)17-10-11-20(19-9-4-3-8-18(17)19)23(27)25-21-12-13-22(21)26/h3-11,14,21-22,26H,2,12-13H2,1H3,(H,25,27)/t21-,22-/m0/s1. The quantitative estimate of drug-likeness (QED) is 0.648. The van der Waals surface area contributed by atoms with Crippen molar-refractivity contribution in [1.82, 2.24) is 5.32 Å². The molecule has 5 heteroatoms. The lowest BCUT2D eigenvalue weighted by Gasteiger charge is -2.33. The van der Waals surface area contributed by atoms with Gasteiger partial charge in [0.15, 0.2) is 0 Å². The number of aliphatic hydroxyl groups is 1. The van der Waals surface area contributed by atoms with Crippen LogP contribution in [0, 0.1) is 0 Å². The van der Waals surface area contributed by atoms with Crippen LogP contribution in [0.25, 0.3) is 21.9 Å². The van der Waals surface area contributed by atoms with Gasteiger partial charge in [-0.2, -0.15) is 0 Å². The van der Waals surface area contributed by atoms with Gasteiger partial charge in [-0.25, -0.2) is 4.79 Å². The highest BCUT2D eigenvalue weighted by atomic mass is 16.5. The minimum absolute atomic E-state index is 0.179. The molecule has 29 heavy (non-hydrogen) atoms. The maximum Gasteiger partial charge on any atom is 0.338 e. The van der Waals surface area contributed by atoms with Gasteiger partial charge in [0.2, 0.25) is 0 Å². The van der Waals surface area contributed by atoms with E-state index in [0.717, 1.165) is 34.7 Å². The van der Waals surface area contributed by atoms with Crippen LogP contribution in [-0.4, -0.2) is 35.7 Å². The molecule has 0 bridgehead atoms. The van der Waals surface area contributed by atoms with E-state index < -0.39 is 6.10 Å². The number of esters is 1. The molecule has 1 aliphatic carbocycles. The van der Waals surface area contributed by atoms with Crippen LogP contribution in [0.4, 0.5) is 0 Å². The van der Waals surface area contributed by atoms with E-state index in [4.69, 9.17) is 4.74 Å². The summed E-state index contributed by atoms with van der Waals surface area (Å²) in [6.45, 7) is 2.10. The fourth-order valence-electron chi connectivity index (χ4n) is 3.67. The molecular formula is C24H23NO4. The Labute approximate surface area is 169 Å². The first-order valence-electron chi connectivity index (χ1n) is 9.86. The highest BCUT2D eigenvalue weighted by molar-refractivity contribution is 6.11. The molecule has 0 spiro atoms. The molecule has 1 aliphatic rings. The minimum atomic E-state index is -0.463. The van der Waals surface area contributed by atoms with Crippen molar-refractivity contribution in [2.75, 3.05) is 6.61 Å². The third-order valence-corrected chi connectivity index (χ3v) is 5.41. The zero-order valence-electron chi connectivity index (χ0n) is 16.2. The second-order valence-corrected chi connectivity index (χ2v) is 7.23. The molecule has 2 atom stereocenters. The van der Waals surface area contributed by atoms with Crippen LogP contribution in [0.2, 0.25) is 0 Å². The number of carbonyl (C=O) groups excluding carboxylic acids is 2. The number of rotatable bonds is 5. The van der Waals surface area contributed by atoms with Gasteiger partial charge >= 0.3 is 5.97 Å². The van der Waals surface area contributed by atoms with E-state index in [1.807, 2.05) is 48.5 Å². The summed E-state index contributed by atoms with van der Waals surface area (Å²) < 4.78 is 5.11. The van der Waals surface area contributed by atoms with Crippen LogP contribution in [0.5, 0.6) is 0 Å². The number of hydrogen-bond donors (Lipinski definition) is 2. The van der Waals surface area contributed by atoms with Crippen molar-refractivity contribution in [2.45, 2.75) is 31.9 Å². The number of hydrogen-bond acceptors (Lipinski definition) is 4. The van der Waals surface area contributed by atoms with Gasteiger partial charge in [0, 0.05) is 5.56 Å². The van der Waals surface area contributed by atoms with E-state index in [2.05, 4.69) is 5.32 Å². The normalized spacial score (nSPS) is 18.1. The average Bonchev–Trinajstić information content (AvgIpc) is 2.75. The number of nitrogens with one attached hydrogen (secondary N) is 1. The van der Waals surface area contributed by atoms with E-state index in [9.17, 15) is 14.7 Å². The van der Waals surface area contributed by atoms with Crippen LogP contribution in [0.1, 0.15) is 40.5 Å². The first kappa shape index (κ1) is 19.2. The summed E-state index contributed by atoms with van der Waals surface area (Å²) in [5, 5.41) is 14.4. The Hall–Kier alpha value is -3.18. The summed E-state index contributed by atoms with van der Waals surface area (Å²) in [7, 11) is 0. The van der Waals surface area contributed by atoms with Crippen LogP contribution < -0.4 is 5.32 Å². The lowest BCUT2D eigenvalue weighted by atomic mass is 9.88. The molecule has 4 rings (SSSR count). The summed E-state index contributed by atoms with van der Waals surface area (Å²) in [6, 6.07) is 18.5. The Morgan fingerprint density at radius 1 is 1.03 bits per heavy atom. The van der Waals surface area contributed by atoms with E-state index in [1.165, 1.54) is 0 Å². The number of aliphatic hydroxyl groups excluding tert-OH is 1. The number of ether oxygens (including phenoxy) is 1. The maximum atomic E-state index is 12.8. The van der Waals surface area contributed by atoms with E-state index >= 15 is 0 Å². The van der Waals surface area contributed by atoms with E-state index in [-0.39, 0.29) is 17.9 Å². The molecule has 0 heterocycles. The SMILES string of the molecule is CCOC(=O)c1cccc(-c2ccc(C(=O)N[C@H]3CC[C@@H]3O)c3ccccc23)c1. The van der Waals surface area contributed by atoms with Crippen LogP contribution >= 0.6 is 0 Å². The monoisotopic (exact) mass is 389 g/mol. The fraction of sp³-hybridized carbons (Fsp3) is 0.250. The summed E-state index contributed by atoms with van der Waals surface area (Å²) in [5.74, 6) is -0.537. The molecule has 3 aromatic carbocycles. The first-order chi connectivity index (χ1) is 14.1. The zero-order chi connectivity index (χ0) is 20.4. The smallest absolute Gasteiger partial charge is 0.338 e. The number of benzene rings is 3. The predicted molar refractivity (Wildman–Crippen MR) is 112 cm³/mol.